The van der Waals surface area contributed by atoms with Crippen molar-refractivity contribution in [2.75, 3.05) is 7.05 Å². The van der Waals surface area contributed by atoms with E-state index in [9.17, 15) is 24.8 Å². The van der Waals surface area contributed by atoms with Gasteiger partial charge in [-0.25, -0.2) is 9.48 Å². The van der Waals surface area contributed by atoms with Gasteiger partial charge >= 0.3 is 5.97 Å². The highest BCUT2D eigenvalue weighted by Crippen LogP contribution is 2.22. The minimum Gasteiger partial charge on any atom is -0.480 e. The van der Waals surface area contributed by atoms with E-state index < -0.39 is 22.3 Å². The van der Waals surface area contributed by atoms with Crippen molar-refractivity contribution in [2.45, 2.75) is 19.4 Å². The summed E-state index contributed by atoms with van der Waals surface area (Å²) in [5.41, 5.74) is -1.37. The number of likely N-dealkylation sites (N-methyl/N-ethyl adjacent to an activating group) is 1. The van der Waals surface area contributed by atoms with Crippen molar-refractivity contribution in [1.82, 2.24) is 14.7 Å². The van der Waals surface area contributed by atoms with Gasteiger partial charge in [-0.1, -0.05) is 12.1 Å². The number of aliphatic carboxylic acids is 1. The molecular formula is C15H16N4O5. The fourth-order valence-corrected chi connectivity index (χ4v) is 1.95. The van der Waals surface area contributed by atoms with E-state index >= 15 is 0 Å². The molecule has 0 aliphatic carbocycles. The van der Waals surface area contributed by atoms with E-state index in [0.717, 1.165) is 4.90 Å². The number of benzene rings is 1. The Morgan fingerprint density at radius 1 is 1.29 bits per heavy atom. The zero-order valence-electron chi connectivity index (χ0n) is 13.3. The second-order valence-corrected chi connectivity index (χ2v) is 5.62. The molecule has 1 aromatic carbocycles. The van der Waals surface area contributed by atoms with Crippen LogP contribution in [-0.4, -0.2) is 49.2 Å². The van der Waals surface area contributed by atoms with Crippen LogP contribution in [0.3, 0.4) is 0 Å². The lowest BCUT2D eigenvalue weighted by Crippen LogP contribution is -2.50. The van der Waals surface area contributed by atoms with Crippen LogP contribution in [-0.2, 0) is 4.79 Å². The zero-order valence-corrected chi connectivity index (χ0v) is 13.3. The first-order valence-electron chi connectivity index (χ1n) is 6.97. The maximum atomic E-state index is 12.4. The first kappa shape index (κ1) is 17.1. The molecule has 1 heterocycles. The number of hydrogen-bond donors (Lipinski definition) is 1. The molecule has 0 fully saturated rings. The molecule has 0 atom stereocenters. The molecule has 1 N–H and O–H groups in total. The Morgan fingerprint density at radius 3 is 2.50 bits per heavy atom. The molecule has 0 saturated carbocycles. The molecule has 0 aliphatic rings. The van der Waals surface area contributed by atoms with Crippen molar-refractivity contribution in [3.05, 3.63) is 52.3 Å². The third kappa shape index (κ3) is 2.96. The maximum absolute atomic E-state index is 12.4. The summed E-state index contributed by atoms with van der Waals surface area (Å²) in [6, 6.07) is 7.36. The molecule has 2 rings (SSSR count). The number of nitrogens with zero attached hydrogens (tertiary/aromatic N) is 4. The van der Waals surface area contributed by atoms with Crippen LogP contribution in [0.1, 0.15) is 24.3 Å². The number of nitro groups is 1. The van der Waals surface area contributed by atoms with Crippen molar-refractivity contribution in [3.8, 4) is 5.69 Å². The average Bonchev–Trinajstić information content (AvgIpc) is 3.02. The van der Waals surface area contributed by atoms with Crippen LogP contribution in [0.15, 0.2) is 36.5 Å². The Labute approximate surface area is 137 Å². The second kappa shape index (κ2) is 6.11. The molecule has 0 spiro atoms. The fraction of sp³-hybridized carbons (Fsp3) is 0.267. The number of carboxylic acids is 1. The third-order valence-electron chi connectivity index (χ3n) is 3.80. The topological polar surface area (TPSA) is 119 Å². The van der Waals surface area contributed by atoms with Gasteiger partial charge in [0.05, 0.1) is 4.92 Å². The Morgan fingerprint density at radius 2 is 1.92 bits per heavy atom. The number of carboxylic acid groups (broad SMARTS) is 1. The van der Waals surface area contributed by atoms with Gasteiger partial charge < -0.3 is 10.0 Å². The smallest absolute Gasteiger partial charge is 0.329 e. The summed E-state index contributed by atoms with van der Waals surface area (Å²) in [5, 5.41) is 24.3. The minimum absolute atomic E-state index is 0.00928. The monoisotopic (exact) mass is 332 g/mol. The normalized spacial score (nSPS) is 11.1. The predicted molar refractivity (Wildman–Crippen MR) is 84.0 cm³/mol. The van der Waals surface area contributed by atoms with Gasteiger partial charge in [0, 0.05) is 19.3 Å². The first-order chi connectivity index (χ1) is 11.2. The van der Waals surface area contributed by atoms with Gasteiger partial charge in [-0.2, -0.15) is 5.10 Å². The Kier molecular flexibility index (Phi) is 4.36. The van der Waals surface area contributed by atoms with Crippen molar-refractivity contribution < 1.29 is 19.6 Å². The van der Waals surface area contributed by atoms with E-state index in [2.05, 4.69) is 5.10 Å². The van der Waals surface area contributed by atoms with Crippen LogP contribution in [0.2, 0.25) is 0 Å². The van der Waals surface area contributed by atoms with Crippen molar-refractivity contribution in [3.63, 3.8) is 0 Å². The van der Waals surface area contributed by atoms with Crippen LogP contribution in [0.4, 0.5) is 5.69 Å². The molecule has 0 saturated heterocycles. The van der Waals surface area contributed by atoms with Crippen LogP contribution >= 0.6 is 0 Å². The van der Waals surface area contributed by atoms with E-state index in [4.69, 9.17) is 0 Å². The largest absolute Gasteiger partial charge is 0.480 e. The molecule has 0 unspecified atom stereocenters. The van der Waals surface area contributed by atoms with E-state index in [1.54, 1.807) is 6.07 Å². The summed E-state index contributed by atoms with van der Waals surface area (Å²) >= 11 is 0. The zero-order chi connectivity index (χ0) is 18.1. The molecule has 1 aromatic heterocycles. The second-order valence-electron chi connectivity index (χ2n) is 5.62. The highest BCUT2D eigenvalue weighted by atomic mass is 16.6. The van der Waals surface area contributed by atoms with Crippen molar-refractivity contribution >= 4 is 17.6 Å². The van der Waals surface area contributed by atoms with Gasteiger partial charge in [0.15, 0.2) is 5.69 Å². The van der Waals surface area contributed by atoms with Gasteiger partial charge in [-0.3, -0.25) is 14.9 Å². The summed E-state index contributed by atoms with van der Waals surface area (Å²) in [6.45, 7) is 2.79. The number of rotatable bonds is 5. The minimum atomic E-state index is -1.42. The SMILES string of the molecule is CN(C(=O)c1ccn(-c2ccccc2[N+](=O)[O-])n1)C(C)(C)C(=O)O. The fourth-order valence-electron chi connectivity index (χ4n) is 1.95. The number of carbonyl (C=O) groups excluding carboxylic acids is 1. The number of carbonyl (C=O) groups is 2. The molecule has 9 heteroatoms. The van der Waals surface area contributed by atoms with Crippen LogP contribution in [0.5, 0.6) is 0 Å². The summed E-state index contributed by atoms with van der Waals surface area (Å²) in [6.07, 6.45) is 1.41. The molecule has 0 aliphatic heterocycles. The molecule has 0 bridgehead atoms. The lowest BCUT2D eigenvalue weighted by Gasteiger charge is -2.30. The lowest BCUT2D eigenvalue weighted by atomic mass is 10.0. The molecule has 9 nitrogen and oxygen atoms in total. The maximum Gasteiger partial charge on any atom is 0.329 e. The van der Waals surface area contributed by atoms with Crippen molar-refractivity contribution in [1.29, 1.82) is 0 Å². The highest BCUT2D eigenvalue weighted by molar-refractivity contribution is 5.96. The number of nitro benzene ring substituents is 1. The standard InChI is InChI=1S/C15H16N4O5/c1-15(2,14(21)22)17(3)13(20)10-8-9-18(16-10)11-6-4-5-7-12(11)19(23)24/h4-9H,1-3H3,(H,21,22). The molecule has 1 amide bonds. The Bertz CT molecular complexity index is 812. The summed E-state index contributed by atoms with van der Waals surface area (Å²) < 4.78 is 1.22. The molecule has 24 heavy (non-hydrogen) atoms. The average molecular weight is 332 g/mol. The van der Waals surface area contributed by atoms with E-state index in [1.165, 1.54) is 56.0 Å². The summed E-state index contributed by atoms with van der Waals surface area (Å²) in [4.78, 5) is 35.3. The van der Waals surface area contributed by atoms with E-state index in [-0.39, 0.29) is 17.1 Å². The lowest BCUT2D eigenvalue weighted by molar-refractivity contribution is -0.384. The first-order valence-corrected chi connectivity index (χ1v) is 6.97. The number of amides is 1. The van der Waals surface area contributed by atoms with Crippen LogP contribution in [0, 0.1) is 10.1 Å². The summed E-state index contributed by atoms with van der Waals surface area (Å²) in [5.74, 6) is -1.75. The molecular weight excluding hydrogens is 316 g/mol. The van der Waals surface area contributed by atoms with Crippen molar-refractivity contribution in [2.24, 2.45) is 0 Å². The predicted octanol–water partition coefficient (Wildman–Crippen LogP) is 1.72. The van der Waals surface area contributed by atoms with Gasteiger partial charge in [0.2, 0.25) is 0 Å². The third-order valence-corrected chi connectivity index (χ3v) is 3.80. The van der Waals surface area contributed by atoms with Crippen LogP contribution < -0.4 is 0 Å². The van der Waals surface area contributed by atoms with E-state index in [1.807, 2.05) is 0 Å². The number of hydrogen-bond acceptors (Lipinski definition) is 5. The summed E-state index contributed by atoms with van der Waals surface area (Å²) in [7, 11) is 1.36. The van der Waals surface area contributed by atoms with E-state index in [0.29, 0.717) is 0 Å². The Balaban J connectivity index is 2.37. The number of aromatic nitrogens is 2. The quantitative estimate of drug-likeness (QED) is 0.657. The highest BCUT2D eigenvalue weighted by Gasteiger charge is 2.36. The molecule has 0 radical (unpaired) electrons. The molecule has 2 aromatic rings. The van der Waals surface area contributed by atoms with Gasteiger partial charge in [-0.05, 0) is 26.0 Å². The molecule has 126 valence electrons. The van der Waals surface area contributed by atoms with Gasteiger partial charge in [0.25, 0.3) is 11.6 Å². The Hall–Kier alpha value is -3.23. The van der Waals surface area contributed by atoms with Gasteiger partial charge in [-0.15, -0.1) is 0 Å². The van der Waals surface area contributed by atoms with Gasteiger partial charge in [0.1, 0.15) is 11.2 Å². The number of para-hydroxylation sites is 2. The van der Waals surface area contributed by atoms with Crippen LogP contribution in [0.25, 0.3) is 5.69 Å².